The average Bonchev–Trinajstić information content (AvgIpc) is 2.46. The summed E-state index contributed by atoms with van der Waals surface area (Å²) in [5.41, 5.74) is -0.105. The third kappa shape index (κ3) is 3.59. The fourth-order valence-corrected chi connectivity index (χ4v) is 1.74. The average molecular weight is 229 g/mol. The fourth-order valence-electron chi connectivity index (χ4n) is 1.74. The summed E-state index contributed by atoms with van der Waals surface area (Å²) in [6, 6.07) is 0. The fraction of sp³-hybridized carbons (Fsp3) is 0.727. The zero-order valence-corrected chi connectivity index (χ0v) is 9.69. The van der Waals surface area contributed by atoms with Crippen LogP contribution in [0.15, 0.2) is 11.6 Å². The molecule has 0 radical (unpaired) electrons. The zero-order valence-electron chi connectivity index (χ0n) is 9.69. The minimum Gasteiger partial charge on any atom is -0.478 e. The van der Waals surface area contributed by atoms with Gasteiger partial charge in [0.2, 0.25) is 0 Å². The molecule has 1 heterocycles. The minimum absolute atomic E-state index is 0.177. The van der Waals surface area contributed by atoms with E-state index in [2.05, 4.69) is 5.32 Å². The molecule has 0 aromatic heterocycles. The second-order valence-corrected chi connectivity index (χ2v) is 4.30. The summed E-state index contributed by atoms with van der Waals surface area (Å²) in [5.74, 6) is -0.949. The largest absolute Gasteiger partial charge is 0.478 e. The summed E-state index contributed by atoms with van der Waals surface area (Å²) >= 11 is 0. The predicted octanol–water partition coefficient (Wildman–Crippen LogP) is 0.147. The molecule has 2 unspecified atom stereocenters. The topological polar surface area (TPSA) is 78.8 Å². The Morgan fingerprint density at radius 2 is 2.38 bits per heavy atom. The maximum Gasteiger partial charge on any atom is 0.328 e. The molecular formula is C11H19NO4. The molecule has 5 nitrogen and oxygen atoms in total. The van der Waals surface area contributed by atoms with Gasteiger partial charge in [0.15, 0.2) is 0 Å². The van der Waals surface area contributed by atoms with Crippen molar-refractivity contribution in [3.63, 3.8) is 0 Å². The molecule has 1 fully saturated rings. The van der Waals surface area contributed by atoms with Crippen molar-refractivity contribution < 1.29 is 19.7 Å². The van der Waals surface area contributed by atoms with Crippen LogP contribution in [0.5, 0.6) is 0 Å². The van der Waals surface area contributed by atoms with Gasteiger partial charge in [0.25, 0.3) is 0 Å². The number of hydrogen-bond donors (Lipinski definition) is 3. The number of aliphatic carboxylic acids is 1. The Balaban J connectivity index is 2.33. The Kier molecular flexibility index (Phi) is 4.46. The van der Waals surface area contributed by atoms with Gasteiger partial charge >= 0.3 is 5.97 Å². The van der Waals surface area contributed by atoms with E-state index in [1.807, 2.05) is 6.92 Å². The van der Waals surface area contributed by atoms with E-state index in [1.165, 1.54) is 0 Å². The summed E-state index contributed by atoms with van der Waals surface area (Å²) in [6.45, 7) is 5.03. The number of ether oxygens (including phenoxy) is 1. The van der Waals surface area contributed by atoms with Gasteiger partial charge in [-0.25, -0.2) is 4.79 Å². The quantitative estimate of drug-likeness (QED) is 0.585. The van der Waals surface area contributed by atoms with Crippen molar-refractivity contribution >= 4 is 5.97 Å². The Bertz CT molecular complexity index is 290. The van der Waals surface area contributed by atoms with E-state index in [4.69, 9.17) is 9.84 Å². The van der Waals surface area contributed by atoms with Crippen LogP contribution in [0.2, 0.25) is 0 Å². The maximum atomic E-state index is 10.4. The molecule has 1 aliphatic rings. The molecule has 0 amide bonds. The molecule has 0 bridgehead atoms. The van der Waals surface area contributed by atoms with Crippen LogP contribution in [0, 0.1) is 0 Å². The summed E-state index contributed by atoms with van der Waals surface area (Å²) in [5, 5.41) is 21.7. The lowest BCUT2D eigenvalue weighted by molar-refractivity contribution is -0.131. The molecule has 0 aromatic rings. The first-order chi connectivity index (χ1) is 7.44. The standard InChI is InChI=1S/C11H19NO4/c1-8(5-10(13)14)6-12-7-11(15)3-4-16-9(11)2/h5,9,12,15H,3-4,6-7H2,1-2H3,(H,13,14). The van der Waals surface area contributed by atoms with Crippen LogP contribution in [-0.2, 0) is 9.53 Å². The first-order valence-corrected chi connectivity index (χ1v) is 5.39. The molecule has 5 heteroatoms. The van der Waals surface area contributed by atoms with Gasteiger partial charge in [-0.05, 0) is 13.8 Å². The van der Waals surface area contributed by atoms with E-state index >= 15 is 0 Å². The van der Waals surface area contributed by atoms with Gasteiger partial charge in [0.1, 0.15) is 5.60 Å². The first-order valence-electron chi connectivity index (χ1n) is 5.39. The summed E-state index contributed by atoms with van der Waals surface area (Å²) in [6.07, 6.45) is 1.60. The van der Waals surface area contributed by atoms with E-state index in [9.17, 15) is 9.90 Å². The van der Waals surface area contributed by atoms with Gasteiger partial charge in [-0.3, -0.25) is 0 Å². The van der Waals surface area contributed by atoms with Gasteiger partial charge in [0.05, 0.1) is 6.10 Å². The Hall–Kier alpha value is -0.910. The van der Waals surface area contributed by atoms with Crippen LogP contribution in [-0.4, -0.2) is 47.6 Å². The predicted molar refractivity (Wildman–Crippen MR) is 59.2 cm³/mol. The number of hydrogen-bond acceptors (Lipinski definition) is 4. The number of aliphatic hydroxyl groups is 1. The van der Waals surface area contributed by atoms with Crippen molar-refractivity contribution in [1.29, 1.82) is 0 Å². The van der Waals surface area contributed by atoms with Crippen LogP contribution in [0.3, 0.4) is 0 Å². The van der Waals surface area contributed by atoms with Crippen LogP contribution in [0.1, 0.15) is 20.3 Å². The molecule has 92 valence electrons. The van der Waals surface area contributed by atoms with Gasteiger partial charge in [-0.15, -0.1) is 0 Å². The van der Waals surface area contributed by atoms with Crippen molar-refractivity contribution in [2.45, 2.75) is 32.0 Å². The van der Waals surface area contributed by atoms with Crippen LogP contribution in [0.4, 0.5) is 0 Å². The number of nitrogens with one attached hydrogen (secondary N) is 1. The molecule has 0 aromatic carbocycles. The van der Waals surface area contributed by atoms with Crippen molar-refractivity contribution in [3.05, 3.63) is 11.6 Å². The van der Waals surface area contributed by atoms with Crippen molar-refractivity contribution in [2.75, 3.05) is 19.7 Å². The number of carboxylic acids is 1. The smallest absolute Gasteiger partial charge is 0.328 e. The number of carboxylic acid groups (broad SMARTS) is 1. The zero-order chi connectivity index (χ0) is 12.2. The Morgan fingerprint density at radius 3 is 2.88 bits per heavy atom. The number of rotatable bonds is 5. The second-order valence-electron chi connectivity index (χ2n) is 4.30. The number of carbonyl (C=O) groups is 1. The normalized spacial score (nSPS) is 30.7. The van der Waals surface area contributed by atoms with Crippen molar-refractivity contribution in [3.8, 4) is 0 Å². The molecule has 0 aliphatic carbocycles. The van der Waals surface area contributed by atoms with E-state index in [-0.39, 0.29) is 6.10 Å². The van der Waals surface area contributed by atoms with E-state index in [0.29, 0.717) is 26.1 Å². The van der Waals surface area contributed by atoms with E-state index in [0.717, 1.165) is 11.6 Å². The lowest BCUT2D eigenvalue weighted by Crippen LogP contribution is -2.46. The van der Waals surface area contributed by atoms with Crippen LogP contribution in [0.25, 0.3) is 0 Å². The van der Waals surface area contributed by atoms with Crippen molar-refractivity contribution in [1.82, 2.24) is 5.32 Å². The van der Waals surface area contributed by atoms with Gasteiger partial charge in [-0.1, -0.05) is 5.57 Å². The first kappa shape index (κ1) is 13.2. The summed E-state index contributed by atoms with van der Waals surface area (Å²) in [4.78, 5) is 10.4. The Morgan fingerprint density at radius 1 is 1.69 bits per heavy atom. The van der Waals surface area contributed by atoms with Gasteiger partial charge in [0, 0.05) is 32.2 Å². The highest BCUT2D eigenvalue weighted by molar-refractivity contribution is 5.80. The highest BCUT2D eigenvalue weighted by atomic mass is 16.5. The van der Waals surface area contributed by atoms with Crippen molar-refractivity contribution in [2.24, 2.45) is 0 Å². The molecule has 2 atom stereocenters. The molecule has 16 heavy (non-hydrogen) atoms. The lowest BCUT2D eigenvalue weighted by atomic mass is 9.97. The summed E-state index contributed by atoms with van der Waals surface area (Å²) < 4.78 is 5.29. The SMILES string of the molecule is CC(=CC(=O)O)CNCC1(O)CCOC1C. The van der Waals surface area contributed by atoms with E-state index < -0.39 is 11.6 Å². The highest BCUT2D eigenvalue weighted by Crippen LogP contribution is 2.24. The second kappa shape index (κ2) is 5.43. The third-order valence-corrected chi connectivity index (χ3v) is 2.86. The lowest BCUT2D eigenvalue weighted by Gasteiger charge is -2.26. The third-order valence-electron chi connectivity index (χ3n) is 2.86. The maximum absolute atomic E-state index is 10.4. The van der Waals surface area contributed by atoms with Crippen LogP contribution < -0.4 is 5.32 Å². The highest BCUT2D eigenvalue weighted by Gasteiger charge is 2.38. The molecular weight excluding hydrogens is 210 g/mol. The van der Waals surface area contributed by atoms with Crippen LogP contribution >= 0.6 is 0 Å². The van der Waals surface area contributed by atoms with Gasteiger partial charge < -0.3 is 20.3 Å². The summed E-state index contributed by atoms with van der Waals surface area (Å²) in [7, 11) is 0. The molecule has 3 N–H and O–H groups in total. The molecule has 0 spiro atoms. The molecule has 1 saturated heterocycles. The molecule has 0 saturated carbocycles. The monoisotopic (exact) mass is 229 g/mol. The Labute approximate surface area is 95.1 Å². The molecule has 1 aliphatic heterocycles. The molecule has 1 rings (SSSR count). The van der Waals surface area contributed by atoms with Gasteiger partial charge in [-0.2, -0.15) is 0 Å². The minimum atomic E-state index is -0.949. The van der Waals surface area contributed by atoms with E-state index in [1.54, 1.807) is 6.92 Å².